The van der Waals surface area contributed by atoms with Gasteiger partial charge in [-0.25, -0.2) is 0 Å². The van der Waals surface area contributed by atoms with Crippen molar-refractivity contribution in [2.45, 2.75) is 58.3 Å². The van der Waals surface area contributed by atoms with E-state index in [9.17, 15) is 4.79 Å². The van der Waals surface area contributed by atoms with Crippen LogP contribution in [0.5, 0.6) is 5.88 Å². The summed E-state index contributed by atoms with van der Waals surface area (Å²) >= 11 is 1.58. The van der Waals surface area contributed by atoms with Crippen LogP contribution in [0, 0.1) is 0 Å². The van der Waals surface area contributed by atoms with Crippen LogP contribution in [-0.4, -0.2) is 39.9 Å². The molecule has 1 atom stereocenters. The highest BCUT2D eigenvalue weighted by Crippen LogP contribution is 2.43. The Hall–Kier alpha value is -3.13. The normalized spacial score (nSPS) is 14.5. The molecule has 2 aromatic carbocycles. The van der Waals surface area contributed by atoms with Gasteiger partial charge in [0.25, 0.3) is 0 Å². The minimum absolute atomic E-state index is 0.120. The van der Waals surface area contributed by atoms with Gasteiger partial charge in [-0.15, -0.1) is 10.2 Å². The summed E-state index contributed by atoms with van der Waals surface area (Å²) in [6, 6.07) is 15.9. The van der Waals surface area contributed by atoms with E-state index in [4.69, 9.17) is 9.72 Å². The van der Waals surface area contributed by atoms with Crippen LogP contribution in [0.2, 0.25) is 0 Å². The molecule has 2 heterocycles. The van der Waals surface area contributed by atoms with Gasteiger partial charge >= 0.3 is 0 Å². The van der Waals surface area contributed by atoms with E-state index < -0.39 is 6.23 Å². The largest absolute Gasteiger partial charge is 0.447 e. The fraction of sp³-hybridized carbons (Fsp3) is 0.407. The van der Waals surface area contributed by atoms with Gasteiger partial charge in [0.05, 0.1) is 5.69 Å². The first kappa shape index (κ1) is 25.0. The number of benzene rings is 2. The lowest BCUT2D eigenvalue weighted by Gasteiger charge is -2.30. The third-order valence-electron chi connectivity index (χ3n) is 6.14. The molecule has 7 nitrogen and oxygen atoms in total. The molecule has 0 unspecified atom stereocenters. The van der Waals surface area contributed by atoms with Gasteiger partial charge in [0.15, 0.2) is 5.69 Å². The molecule has 1 amide bonds. The second-order valence-electron chi connectivity index (χ2n) is 8.44. The van der Waals surface area contributed by atoms with Crippen LogP contribution in [0.25, 0.3) is 11.3 Å². The predicted octanol–water partition coefficient (Wildman–Crippen LogP) is 6.11. The lowest BCUT2D eigenvalue weighted by molar-refractivity contribution is -0.118. The fourth-order valence-corrected chi connectivity index (χ4v) is 5.06. The van der Waals surface area contributed by atoms with E-state index in [0.717, 1.165) is 47.8 Å². The van der Waals surface area contributed by atoms with Gasteiger partial charge in [0, 0.05) is 42.6 Å². The summed E-state index contributed by atoms with van der Waals surface area (Å²) in [6.45, 7) is 9.88. The zero-order chi connectivity index (χ0) is 24.8. The Bertz CT molecular complexity index is 1150. The van der Waals surface area contributed by atoms with Crippen LogP contribution >= 0.6 is 11.8 Å². The second-order valence-corrected chi connectivity index (χ2v) is 9.51. The first-order valence-corrected chi connectivity index (χ1v) is 13.3. The fourth-order valence-electron chi connectivity index (χ4n) is 4.28. The Labute approximate surface area is 211 Å². The molecule has 8 heteroatoms. The molecule has 0 N–H and O–H groups in total. The van der Waals surface area contributed by atoms with E-state index in [1.807, 2.05) is 36.4 Å². The van der Waals surface area contributed by atoms with Gasteiger partial charge < -0.3 is 9.64 Å². The maximum Gasteiger partial charge on any atom is 0.247 e. The molecule has 184 valence electrons. The third-order valence-corrected chi connectivity index (χ3v) is 7.06. The number of unbranched alkanes of at least 4 members (excludes halogenated alkanes) is 2. The molecule has 4 rings (SSSR count). The Morgan fingerprint density at radius 3 is 2.46 bits per heavy atom. The van der Waals surface area contributed by atoms with Crippen molar-refractivity contribution in [1.29, 1.82) is 0 Å². The van der Waals surface area contributed by atoms with Crippen molar-refractivity contribution in [3.8, 4) is 17.1 Å². The first-order chi connectivity index (χ1) is 17.1. The topological polar surface area (TPSA) is 71.5 Å². The molecule has 0 bridgehead atoms. The van der Waals surface area contributed by atoms with Crippen molar-refractivity contribution >= 4 is 29.0 Å². The number of hydrogen-bond donors (Lipinski definition) is 0. The monoisotopic (exact) mass is 491 g/mol. The molecule has 0 fully saturated rings. The smallest absolute Gasteiger partial charge is 0.247 e. The van der Waals surface area contributed by atoms with Crippen LogP contribution in [0.1, 0.15) is 58.7 Å². The highest BCUT2D eigenvalue weighted by molar-refractivity contribution is 7.99. The number of amides is 1. The molecule has 0 radical (unpaired) electrons. The molecule has 0 spiro atoms. The van der Waals surface area contributed by atoms with Gasteiger partial charge in [-0.3, -0.25) is 9.69 Å². The third kappa shape index (κ3) is 5.42. The minimum atomic E-state index is -0.671. The predicted molar refractivity (Wildman–Crippen MR) is 142 cm³/mol. The second kappa shape index (κ2) is 11.5. The van der Waals surface area contributed by atoms with Crippen LogP contribution in [0.4, 0.5) is 11.4 Å². The summed E-state index contributed by atoms with van der Waals surface area (Å²) in [4.78, 5) is 21.7. The number of thioether (sulfide) groups is 1. The van der Waals surface area contributed by atoms with Crippen molar-refractivity contribution in [3.63, 3.8) is 0 Å². The molecule has 35 heavy (non-hydrogen) atoms. The average molecular weight is 492 g/mol. The van der Waals surface area contributed by atoms with Crippen LogP contribution in [0.3, 0.4) is 0 Å². The van der Waals surface area contributed by atoms with Gasteiger partial charge in [-0.2, -0.15) is 4.98 Å². The zero-order valence-corrected chi connectivity index (χ0v) is 21.7. The highest BCUT2D eigenvalue weighted by atomic mass is 32.2. The number of rotatable bonds is 9. The van der Waals surface area contributed by atoms with Crippen molar-refractivity contribution in [3.05, 3.63) is 54.1 Å². The Kier molecular flexibility index (Phi) is 8.23. The molecule has 0 saturated carbocycles. The van der Waals surface area contributed by atoms with Crippen LogP contribution < -0.4 is 14.5 Å². The van der Waals surface area contributed by atoms with E-state index >= 15 is 0 Å². The first-order valence-electron chi connectivity index (χ1n) is 12.4. The highest BCUT2D eigenvalue weighted by Gasteiger charge is 2.34. The number of anilines is 2. The van der Waals surface area contributed by atoms with E-state index in [0.29, 0.717) is 16.7 Å². The molecule has 1 aliphatic rings. The number of nitrogens with zero attached hydrogens (tertiary/aromatic N) is 5. The lowest BCUT2D eigenvalue weighted by atomic mass is 10.1. The Morgan fingerprint density at radius 1 is 1.03 bits per heavy atom. The average Bonchev–Trinajstić information content (AvgIpc) is 3.02. The van der Waals surface area contributed by atoms with Crippen molar-refractivity contribution in [2.24, 2.45) is 0 Å². The molecule has 3 aromatic rings. The van der Waals surface area contributed by atoms with E-state index in [1.165, 1.54) is 12.8 Å². The zero-order valence-electron chi connectivity index (χ0n) is 20.9. The molecule has 1 aromatic heterocycles. The number of hydrogen-bond acceptors (Lipinski definition) is 7. The molecule has 0 aliphatic carbocycles. The summed E-state index contributed by atoms with van der Waals surface area (Å²) in [5, 5.41) is 9.45. The SMILES string of the molecule is CCCCCSc1nnc2c(n1)O[C@H](c1ccc(N(CC)CC)cc1)N(C(C)=O)c1ccccc1-2. The van der Waals surface area contributed by atoms with E-state index in [2.05, 4.69) is 48.0 Å². The van der Waals surface area contributed by atoms with Gasteiger partial charge in [0.1, 0.15) is 0 Å². The number of fused-ring (bicyclic) bond motifs is 3. The quantitative estimate of drug-likeness (QED) is 0.264. The molecular formula is C27H33N5O2S. The van der Waals surface area contributed by atoms with Crippen molar-refractivity contribution in [1.82, 2.24) is 15.2 Å². The van der Waals surface area contributed by atoms with Gasteiger partial charge in [-0.1, -0.05) is 61.9 Å². The minimum Gasteiger partial charge on any atom is -0.447 e. The number of ether oxygens (including phenoxy) is 1. The summed E-state index contributed by atoms with van der Waals surface area (Å²) < 4.78 is 6.49. The van der Waals surface area contributed by atoms with E-state index in [1.54, 1.807) is 23.6 Å². The Balaban J connectivity index is 1.76. The van der Waals surface area contributed by atoms with Crippen LogP contribution in [0.15, 0.2) is 53.7 Å². The maximum atomic E-state index is 13.0. The van der Waals surface area contributed by atoms with E-state index in [-0.39, 0.29) is 5.91 Å². The van der Waals surface area contributed by atoms with Crippen molar-refractivity contribution in [2.75, 3.05) is 28.6 Å². The summed E-state index contributed by atoms with van der Waals surface area (Å²) in [6.07, 6.45) is 2.77. The molecule has 1 aliphatic heterocycles. The van der Waals surface area contributed by atoms with Crippen LogP contribution in [-0.2, 0) is 4.79 Å². The number of carbonyl (C=O) groups excluding carboxylic acids is 1. The standard InChI is InChI=1S/C27H33N5O2S/c1-5-8-11-18-35-27-28-25-24(29-30-27)22-12-9-10-13-23(22)32(19(4)33)26(34-25)20-14-16-21(17-15-20)31(6-2)7-3/h9-10,12-17,26H,5-8,11,18H2,1-4H3/t26-/m1/s1. The Morgan fingerprint density at radius 2 is 1.77 bits per heavy atom. The summed E-state index contributed by atoms with van der Waals surface area (Å²) in [7, 11) is 0. The molecule has 0 saturated heterocycles. The summed E-state index contributed by atoms with van der Waals surface area (Å²) in [5.41, 5.74) is 4.07. The number of aromatic nitrogens is 3. The molecular weight excluding hydrogens is 458 g/mol. The number of carbonyl (C=O) groups is 1. The maximum absolute atomic E-state index is 13.0. The number of para-hydroxylation sites is 1. The lowest BCUT2D eigenvalue weighted by Crippen LogP contribution is -2.36. The van der Waals surface area contributed by atoms with Gasteiger partial charge in [-0.05, 0) is 38.5 Å². The van der Waals surface area contributed by atoms with Gasteiger partial charge in [0.2, 0.25) is 23.2 Å². The van der Waals surface area contributed by atoms with Crippen molar-refractivity contribution < 1.29 is 9.53 Å². The summed E-state index contributed by atoms with van der Waals surface area (Å²) in [5.74, 6) is 1.21.